The lowest BCUT2D eigenvalue weighted by atomic mass is 9.86. The number of rotatable bonds is 3. The van der Waals surface area contributed by atoms with Crippen LogP contribution in [0.4, 0.5) is 13.2 Å². The lowest BCUT2D eigenvalue weighted by Crippen LogP contribution is -2.42. The smallest absolute Gasteiger partial charge is 0.374 e. The SMILES string of the molecule is CC(C)(C)S(C)(=O)=NC(=O)c1ccc(C2=NOC(c3cc(Cl)cc(Cl)c3)(C(F)(F)F)C2)cc1. The summed E-state index contributed by atoms with van der Waals surface area (Å²) >= 11 is 11.8. The van der Waals surface area contributed by atoms with E-state index in [1.54, 1.807) is 20.8 Å². The Hall–Kier alpha value is -2.10. The maximum atomic E-state index is 14.1. The molecule has 0 N–H and O–H groups in total. The van der Waals surface area contributed by atoms with E-state index in [-0.39, 0.29) is 26.9 Å². The Morgan fingerprint density at radius 3 is 2.12 bits per heavy atom. The van der Waals surface area contributed by atoms with E-state index in [2.05, 4.69) is 9.52 Å². The number of nitrogens with zero attached hydrogens (tertiary/aromatic N) is 2. The maximum Gasteiger partial charge on any atom is 0.435 e. The van der Waals surface area contributed by atoms with Crippen LogP contribution >= 0.6 is 23.2 Å². The fraction of sp³-hybridized carbons (Fsp3) is 0.364. The normalized spacial score (nSPS) is 20.6. The second-order valence-electron chi connectivity index (χ2n) is 8.68. The molecular formula is C22H21Cl2F3N2O3S. The molecule has 1 heterocycles. The van der Waals surface area contributed by atoms with Crippen molar-refractivity contribution in [2.24, 2.45) is 9.52 Å². The molecule has 0 aromatic heterocycles. The second kappa shape index (κ2) is 8.60. The van der Waals surface area contributed by atoms with Crippen LogP contribution in [0.15, 0.2) is 52.0 Å². The lowest BCUT2D eigenvalue weighted by Gasteiger charge is -2.29. The average molecular weight is 521 g/mol. The van der Waals surface area contributed by atoms with E-state index in [4.69, 9.17) is 28.0 Å². The number of oxime groups is 1. The Morgan fingerprint density at radius 2 is 1.64 bits per heavy atom. The van der Waals surface area contributed by atoms with Gasteiger partial charge in [0.2, 0.25) is 0 Å². The molecule has 5 nitrogen and oxygen atoms in total. The van der Waals surface area contributed by atoms with Crippen LogP contribution in [0.2, 0.25) is 10.0 Å². The predicted octanol–water partition coefficient (Wildman–Crippen LogP) is 6.61. The monoisotopic (exact) mass is 520 g/mol. The predicted molar refractivity (Wildman–Crippen MR) is 123 cm³/mol. The van der Waals surface area contributed by atoms with Crippen molar-refractivity contribution in [1.29, 1.82) is 0 Å². The zero-order valence-electron chi connectivity index (χ0n) is 18.2. The van der Waals surface area contributed by atoms with Crippen LogP contribution in [0.1, 0.15) is 48.7 Å². The van der Waals surface area contributed by atoms with Crippen molar-refractivity contribution < 1.29 is 27.0 Å². The topological polar surface area (TPSA) is 68.1 Å². The van der Waals surface area contributed by atoms with Gasteiger partial charge < -0.3 is 4.84 Å². The minimum absolute atomic E-state index is 0.0348. The third-order valence-corrected chi connectivity index (χ3v) is 8.60. The van der Waals surface area contributed by atoms with Gasteiger partial charge in [-0.25, -0.2) is 4.21 Å². The molecule has 0 spiro atoms. The number of hydrogen-bond donors (Lipinski definition) is 0. The van der Waals surface area contributed by atoms with E-state index in [1.807, 2.05) is 0 Å². The van der Waals surface area contributed by atoms with Crippen molar-refractivity contribution >= 4 is 44.5 Å². The molecule has 2 atom stereocenters. The number of benzene rings is 2. The summed E-state index contributed by atoms with van der Waals surface area (Å²) in [6.07, 6.45) is -4.02. The highest BCUT2D eigenvalue weighted by molar-refractivity contribution is 7.94. The highest BCUT2D eigenvalue weighted by atomic mass is 35.5. The molecule has 1 amide bonds. The minimum Gasteiger partial charge on any atom is -0.374 e. The third kappa shape index (κ3) is 5.05. The first-order chi connectivity index (χ1) is 15.1. The summed E-state index contributed by atoms with van der Waals surface area (Å²) in [6.45, 7) is 5.15. The lowest BCUT2D eigenvalue weighted by molar-refractivity contribution is -0.275. The second-order valence-corrected chi connectivity index (χ2v) is 12.6. The van der Waals surface area contributed by atoms with Crippen LogP contribution in [-0.2, 0) is 20.2 Å². The van der Waals surface area contributed by atoms with Gasteiger partial charge in [0.25, 0.3) is 11.5 Å². The van der Waals surface area contributed by atoms with Gasteiger partial charge in [-0.3, -0.25) is 4.79 Å². The zero-order chi connectivity index (χ0) is 24.8. The fourth-order valence-corrected chi connectivity index (χ4v) is 4.22. The molecule has 0 bridgehead atoms. The molecule has 1 aliphatic rings. The Balaban J connectivity index is 1.91. The van der Waals surface area contributed by atoms with Crippen molar-refractivity contribution in [1.82, 2.24) is 0 Å². The molecule has 0 fully saturated rings. The van der Waals surface area contributed by atoms with Gasteiger partial charge in [0.1, 0.15) is 0 Å². The number of carbonyl (C=O) groups excluding carboxylic acids is 1. The average Bonchev–Trinajstić information content (AvgIpc) is 3.13. The molecule has 3 rings (SSSR count). The molecule has 0 saturated carbocycles. The summed E-state index contributed by atoms with van der Waals surface area (Å²) in [5, 5.41) is 3.75. The van der Waals surface area contributed by atoms with Gasteiger partial charge in [0.15, 0.2) is 0 Å². The van der Waals surface area contributed by atoms with E-state index in [0.717, 1.165) is 12.1 Å². The summed E-state index contributed by atoms with van der Waals surface area (Å²) in [4.78, 5) is 17.4. The van der Waals surface area contributed by atoms with E-state index < -0.39 is 38.6 Å². The first-order valence-electron chi connectivity index (χ1n) is 9.71. The first kappa shape index (κ1) is 25.5. The maximum absolute atomic E-state index is 14.1. The molecule has 0 saturated heterocycles. The van der Waals surface area contributed by atoms with E-state index in [1.165, 1.54) is 36.6 Å². The van der Waals surface area contributed by atoms with Crippen molar-refractivity contribution in [2.45, 2.75) is 43.7 Å². The summed E-state index contributed by atoms with van der Waals surface area (Å²) in [5.74, 6) is -0.674. The standard InChI is InChI=1S/C22H21Cl2F3N2O3S/c1-20(2,3)33(4,31)29-19(30)14-7-5-13(6-8-14)18-12-21(32-28-18,22(25,26)27)15-9-16(23)11-17(24)10-15/h5-11H,12H2,1-4H3. The number of hydrogen-bond acceptors (Lipinski definition) is 4. The summed E-state index contributed by atoms with van der Waals surface area (Å²) in [7, 11) is -2.81. The summed E-state index contributed by atoms with van der Waals surface area (Å²) in [6, 6.07) is 9.27. The van der Waals surface area contributed by atoms with E-state index >= 15 is 0 Å². The van der Waals surface area contributed by atoms with E-state index in [9.17, 15) is 22.2 Å². The minimum atomic E-state index is -4.81. The quantitative estimate of drug-likeness (QED) is 0.457. The van der Waals surface area contributed by atoms with Crippen molar-refractivity contribution in [2.75, 3.05) is 6.26 Å². The molecule has 11 heteroatoms. The molecule has 1 aliphatic heterocycles. The molecule has 2 aromatic rings. The molecule has 2 unspecified atom stereocenters. The third-order valence-electron chi connectivity index (χ3n) is 5.37. The molecule has 2 aromatic carbocycles. The van der Waals surface area contributed by atoms with Crippen molar-refractivity contribution in [3.05, 3.63) is 69.2 Å². The number of alkyl halides is 3. The van der Waals surface area contributed by atoms with Gasteiger partial charge in [-0.2, -0.15) is 17.5 Å². The molecule has 0 radical (unpaired) electrons. The Morgan fingerprint density at radius 1 is 1.09 bits per heavy atom. The van der Waals surface area contributed by atoms with Crippen LogP contribution in [-0.4, -0.2) is 33.0 Å². The molecule has 33 heavy (non-hydrogen) atoms. The van der Waals surface area contributed by atoms with E-state index in [0.29, 0.717) is 5.56 Å². The molecule has 178 valence electrons. The van der Waals surface area contributed by atoms with Gasteiger partial charge >= 0.3 is 6.18 Å². The molecule has 0 aliphatic carbocycles. The Bertz CT molecular complexity index is 1220. The van der Waals surface area contributed by atoms with Crippen molar-refractivity contribution in [3.8, 4) is 0 Å². The highest BCUT2D eigenvalue weighted by Crippen LogP contribution is 2.49. The first-order valence-corrected chi connectivity index (χ1v) is 12.4. The van der Waals surface area contributed by atoms with Gasteiger partial charge in [-0.1, -0.05) is 40.5 Å². The molecular weight excluding hydrogens is 500 g/mol. The van der Waals surface area contributed by atoms with Crippen LogP contribution in [0.3, 0.4) is 0 Å². The summed E-state index contributed by atoms with van der Waals surface area (Å²) in [5.41, 5.74) is -2.49. The van der Waals surface area contributed by atoms with Crippen LogP contribution < -0.4 is 0 Å². The fourth-order valence-electron chi connectivity index (χ4n) is 3.00. The van der Waals surface area contributed by atoms with Gasteiger partial charge in [0.05, 0.1) is 15.4 Å². The zero-order valence-corrected chi connectivity index (χ0v) is 20.5. The van der Waals surface area contributed by atoms with Crippen molar-refractivity contribution in [3.63, 3.8) is 0 Å². The number of amides is 1. The van der Waals surface area contributed by atoms with Crippen LogP contribution in [0.5, 0.6) is 0 Å². The number of carbonyl (C=O) groups is 1. The summed E-state index contributed by atoms with van der Waals surface area (Å²) < 4.78 is 58.1. The Kier molecular flexibility index (Phi) is 6.65. The van der Waals surface area contributed by atoms with Gasteiger partial charge in [-0.15, -0.1) is 0 Å². The number of halogens is 5. The van der Waals surface area contributed by atoms with Crippen LogP contribution in [0, 0.1) is 0 Å². The van der Waals surface area contributed by atoms with Gasteiger partial charge in [0, 0.05) is 38.6 Å². The largest absolute Gasteiger partial charge is 0.435 e. The Labute approximate surface area is 200 Å². The highest BCUT2D eigenvalue weighted by Gasteiger charge is 2.62. The van der Waals surface area contributed by atoms with Gasteiger partial charge in [-0.05, 0) is 56.7 Å². The van der Waals surface area contributed by atoms with Crippen LogP contribution in [0.25, 0.3) is 0 Å².